The summed E-state index contributed by atoms with van der Waals surface area (Å²) in [6.45, 7) is 7.65. The summed E-state index contributed by atoms with van der Waals surface area (Å²) in [6, 6.07) is 12.2. The first-order valence-electron chi connectivity index (χ1n) is 13.1. The number of hydrogen-bond donors (Lipinski definition) is 0. The third-order valence-electron chi connectivity index (χ3n) is 6.71. The maximum absolute atomic E-state index is 6.10. The number of benzene rings is 1. The van der Waals surface area contributed by atoms with Gasteiger partial charge in [0.05, 0.1) is 7.11 Å². The summed E-state index contributed by atoms with van der Waals surface area (Å²) in [5.41, 5.74) is 2.94. The maximum atomic E-state index is 6.10. The number of pyridine rings is 1. The molecule has 1 aromatic carbocycles. The average molecular weight is 569 g/mol. The van der Waals surface area contributed by atoms with Gasteiger partial charge in [-0.1, -0.05) is 0 Å². The number of unbranched alkanes of at least 4 members (excludes halogenated alkanes) is 3. The van der Waals surface area contributed by atoms with Crippen LogP contribution in [0.25, 0.3) is 16.9 Å². The Morgan fingerprint density at radius 3 is 2.03 bits per heavy atom. The summed E-state index contributed by atoms with van der Waals surface area (Å²) in [5, 5.41) is 0. The molecule has 2 aromatic heterocycles. The molecule has 3 aromatic rings. The van der Waals surface area contributed by atoms with Crippen LogP contribution in [0, 0.1) is 0 Å². The SMILES string of the molecule is CCC[CH2][Sn](/[CH]=C/COc1ccc(-c2cn3cc(OC)ccc3n2)cc1)([CH2]CCC)[CH2]CCC. The third kappa shape index (κ3) is 7.52. The molecule has 5 heteroatoms. The standard InChI is InChI=1S/C17H15N2O2.3C4H9.Sn/c1-3-10-21-14-6-4-13(5-7-14)16-12-19-11-15(20-2)8-9-17(19)18-16;3*1-3-4-2;/h1,3-9,11-12H,10H2,2H3;3*1,3-4H2,2H3;. The summed E-state index contributed by atoms with van der Waals surface area (Å²) in [5.74, 6) is 1.73. The Bertz CT molecular complexity index is 1000. The molecule has 34 heavy (non-hydrogen) atoms. The van der Waals surface area contributed by atoms with Gasteiger partial charge in [0.25, 0.3) is 0 Å². The van der Waals surface area contributed by atoms with Gasteiger partial charge in [-0.25, -0.2) is 0 Å². The average Bonchev–Trinajstić information content (AvgIpc) is 3.31. The molecule has 0 N–H and O–H groups in total. The van der Waals surface area contributed by atoms with E-state index in [-0.39, 0.29) is 0 Å². The minimum absolute atomic E-state index is 0.663. The summed E-state index contributed by atoms with van der Waals surface area (Å²) >= 11 is -2.22. The van der Waals surface area contributed by atoms with Crippen LogP contribution in [-0.4, -0.2) is 41.5 Å². The van der Waals surface area contributed by atoms with Crippen molar-refractivity contribution in [2.75, 3.05) is 13.7 Å². The molecular formula is C29H42N2O2Sn. The molecule has 0 radical (unpaired) electrons. The Balaban J connectivity index is 1.63. The molecule has 0 saturated heterocycles. The van der Waals surface area contributed by atoms with Gasteiger partial charge in [-0.15, -0.1) is 0 Å². The predicted molar refractivity (Wildman–Crippen MR) is 147 cm³/mol. The third-order valence-corrected chi connectivity index (χ3v) is 21.0. The van der Waals surface area contributed by atoms with Crippen molar-refractivity contribution in [1.29, 1.82) is 0 Å². The van der Waals surface area contributed by atoms with Crippen molar-refractivity contribution in [3.8, 4) is 22.8 Å². The fourth-order valence-electron chi connectivity index (χ4n) is 4.61. The van der Waals surface area contributed by atoms with Crippen molar-refractivity contribution >= 4 is 24.0 Å². The second-order valence-electron chi connectivity index (χ2n) is 9.37. The van der Waals surface area contributed by atoms with Crippen molar-refractivity contribution in [3.05, 3.63) is 59.0 Å². The molecule has 0 atom stereocenters. The van der Waals surface area contributed by atoms with E-state index < -0.39 is 18.4 Å². The van der Waals surface area contributed by atoms with Crippen LogP contribution < -0.4 is 9.47 Å². The van der Waals surface area contributed by atoms with Crippen molar-refractivity contribution in [3.63, 3.8) is 0 Å². The monoisotopic (exact) mass is 570 g/mol. The van der Waals surface area contributed by atoms with Crippen LogP contribution in [0.4, 0.5) is 0 Å². The van der Waals surface area contributed by atoms with Gasteiger partial charge in [-0.3, -0.25) is 0 Å². The van der Waals surface area contributed by atoms with Gasteiger partial charge in [0.1, 0.15) is 5.75 Å². The fourth-order valence-corrected chi connectivity index (χ4v) is 18.9. The molecule has 0 aliphatic heterocycles. The van der Waals surface area contributed by atoms with E-state index in [1.165, 1.54) is 51.8 Å². The Hall–Kier alpha value is -1.95. The molecule has 0 unspecified atom stereocenters. The van der Waals surface area contributed by atoms with E-state index in [1.807, 2.05) is 28.9 Å². The summed E-state index contributed by atoms with van der Waals surface area (Å²) in [4.78, 5) is 4.73. The van der Waals surface area contributed by atoms with Crippen LogP contribution in [0.5, 0.6) is 11.5 Å². The fraction of sp³-hybridized carbons (Fsp3) is 0.483. The summed E-state index contributed by atoms with van der Waals surface area (Å²) in [6.07, 6.45) is 14.5. The van der Waals surface area contributed by atoms with E-state index in [2.05, 4.69) is 55.2 Å². The molecule has 0 spiro atoms. The molecule has 4 nitrogen and oxygen atoms in total. The van der Waals surface area contributed by atoms with E-state index >= 15 is 0 Å². The number of fused-ring (bicyclic) bond motifs is 1. The first kappa shape index (κ1) is 26.6. The van der Waals surface area contributed by atoms with Crippen LogP contribution in [0.1, 0.15) is 59.3 Å². The van der Waals surface area contributed by atoms with E-state index in [0.717, 1.165) is 28.4 Å². The van der Waals surface area contributed by atoms with Gasteiger partial charge in [-0.05, 0) is 6.07 Å². The molecule has 0 saturated carbocycles. The molecule has 0 aliphatic rings. The van der Waals surface area contributed by atoms with Crippen molar-refractivity contribution in [1.82, 2.24) is 9.38 Å². The Morgan fingerprint density at radius 1 is 0.824 bits per heavy atom. The number of hydrogen-bond acceptors (Lipinski definition) is 3. The molecule has 0 bridgehead atoms. The van der Waals surface area contributed by atoms with Gasteiger partial charge >= 0.3 is 187 Å². The molecule has 184 valence electrons. The number of rotatable bonds is 15. The number of aromatic nitrogens is 2. The zero-order valence-electron chi connectivity index (χ0n) is 21.6. The van der Waals surface area contributed by atoms with Crippen LogP contribution in [0.2, 0.25) is 13.3 Å². The number of methoxy groups -OCH3 is 1. The Labute approximate surface area is 210 Å². The van der Waals surface area contributed by atoms with Crippen molar-refractivity contribution < 1.29 is 9.47 Å². The predicted octanol–water partition coefficient (Wildman–Crippen LogP) is 8.33. The molecule has 0 fully saturated rings. The van der Waals surface area contributed by atoms with Crippen LogP contribution >= 0.6 is 0 Å². The Morgan fingerprint density at radius 2 is 1.44 bits per heavy atom. The van der Waals surface area contributed by atoms with Gasteiger partial charge in [0, 0.05) is 0 Å². The summed E-state index contributed by atoms with van der Waals surface area (Å²) < 4.78 is 20.6. The normalized spacial score (nSPS) is 12.0. The van der Waals surface area contributed by atoms with E-state index in [1.54, 1.807) is 7.11 Å². The second kappa shape index (κ2) is 13.8. The molecule has 0 amide bonds. The Kier molecular flexibility index (Phi) is 10.8. The minimum atomic E-state index is -2.22. The van der Waals surface area contributed by atoms with Gasteiger partial charge in [0.15, 0.2) is 0 Å². The number of nitrogens with zero attached hydrogens (tertiary/aromatic N) is 2. The topological polar surface area (TPSA) is 35.8 Å². The van der Waals surface area contributed by atoms with Crippen LogP contribution in [0.15, 0.2) is 59.0 Å². The van der Waals surface area contributed by atoms with Gasteiger partial charge in [0.2, 0.25) is 0 Å². The van der Waals surface area contributed by atoms with Crippen molar-refractivity contribution in [2.24, 2.45) is 0 Å². The van der Waals surface area contributed by atoms with Crippen LogP contribution in [0.3, 0.4) is 0 Å². The quantitative estimate of drug-likeness (QED) is 0.173. The first-order valence-corrected chi connectivity index (χ1v) is 20.8. The first-order chi connectivity index (χ1) is 16.6. The van der Waals surface area contributed by atoms with Crippen molar-refractivity contribution in [2.45, 2.75) is 72.6 Å². The molecular weight excluding hydrogens is 527 g/mol. The zero-order valence-corrected chi connectivity index (χ0v) is 24.4. The van der Waals surface area contributed by atoms with Gasteiger partial charge in [-0.2, -0.15) is 0 Å². The van der Waals surface area contributed by atoms with Crippen LogP contribution in [-0.2, 0) is 0 Å². The molecule has 3 rings (SSSR count). The molecule has 0 aliphatic carbocycles. The van der Waals surface area contributed by atoms with E-state index in [0.29, 0.717) is 6.61 Å². The zero-order chi connectivity index (χ0) is 24.2. The van der Waals surface area contributed by atoms with E-state index in [4.69, 9.17) is 14.5 Å². The summed E-state index contributed by atoms with van der Waals surface area (Å²) in [7, 11) is 1.68. The van der Waals surface area contributed by atoms with E-state index in [9.17, 15) is 0 Å². The van der Waals surface area contributed by atoms with Gasteiger partial charge < -0.3 is 4.74 Å². The number of imidazole rings is 1. The second-order valence-corrected chi connectivity index (χ2v) is 22.4. The molecule has 2 heterocycles. The number of ether oxygens (including phenoxy) is 2.